The summed E-state index contributed by atoms with van der Waals surface area (Å²) in [5.74, 6) is -0.827. The molecule has 0 bridgehead atoms. The minimum atomic E-state index is -4.80. The van der Waals surface area contributed by atoms with Crippen LogP contribution in [0.1, 0.15) is 65.9 Å². The normalized spacial score (nSPS) is 17.5. The zero-order chi connectivity index (χ0) is 25.9. The van der Waals surface area contributed by atoms with Gasteiger partial charge in [0.05, 0.1) is 6.54 Å². The molecule has 0 radical (unpaired) electrons. The summed E-state index contributed by atoms with van der Waals surface area (Å²) in [6, 6.07) is 5.49. The number of hydrogen-bond donors (Lipinski definition) is 0. The zero-order valence-electron chi connectivity index (χ0n) is 19.8. The van der Waals surface area contributed by atoms with E-state index in [1.807, 2.05) is 0 Å². The van der Waals surface area contributed by atoms with E-state index in [0.717, 1.165) is 15.6 Å². The third-order valence-corrected chi connectivity index (χ3v) is 8.94. The smallest absolute Gasteiger partial charge is 0.435 e. The molecule has 0 aliphatic carbocycles. The quantitative estimate of drug-likeness (QED) is 0.295. The number of fused-ring (bicyclic) bond motifs is 1. The van der Waals surface area contributed by atoms with Crippen molar-refractivity contribution in [1.82, 2.24) is 14.1 Å². The molecule has 0 N–H and O–H groups in total. The topological polar surface area (TPSA) is 67.9 Å². The summed E-state index contributed by atoms with van der Waals surface area (Å²) in [7, 11) is 0. The zero-order valence-corrected chi connectivity index (χ0v) is 21.5. The number of alkyl halides is 3. The number of nitriles is 1. The first-order valence-electron chi connectivity index (χ1n) is 10.9. The third kappa shape index (κ3) is 4.37. The van der Waals surface area contributed by atoms with Gasteiger partial charge in [-0.15, -0.1) is 15.6 Å². The number of hydrogen-bond acceptors (Lipinski definition) is 5. The van der Waals surface area contributed by atoms with Crippen LogP contribution in [0.3, 0.4) is 0 Å². The fourth-order valence-electron chi connectivity index (χ4n) is 4.39. The number of thiophene rings is 1. The summed E-state index contributed by atoms with van der Waals surface area (Å²) in [5.41, 5.74) is -0.137. The summed E-state index contributed by atoms with van der Waals surface area (Å²) in [5, 5.41) is 13.2. The summed E-state index contributed by atoms with van der Waals surface area (Å²) >= 11 is -0.291. The number of benzene rings is 1. The van der Waals surface area contributed by atoms with Crippen LogP contribution in [0.4, 0.5) is 17.6 Å². The fourth-order valence-corrected chi connectivity index (χ4v) is 6.97. The van der Waals surface area contributed by atoms with Gasteiger partial charge in [0.2, 0.25) is 0 Å². The van der Waals surface area contributed by atoms with Crippen LogP contribution in [0.2, 0.25) is 0 Å². The van der Waals surface area contributed by atoms with Crippen LogP contribution >= 0.6 is 11.3 Å². The maximum Gasteiger partial charge on any atom is 0.435 e. The lowest BCUT2D eigenvalue weighted by molar-refractivity contribution is -0.141. The fraction of sp³-hybridized carbons (Fsp3) is 0.417. The van der Waals surface area contributed by atoms with E-state index in [1.165, 1.54) is 23.6 Å². The highest BCUT2D eigenvalue weighted by atomic mass is 32.2. The summed E-state index contributed by atoms with van der Waals surface area (Å²) in [6.07, 6.45) is -3.59. The summed E-state index contributed by atoms with van der Waals surface area (Å²) in [6.45, 7) is 9.25. The third-order valence-electron chi connectivity index (χ3n) is 5.93. The van der Waals surface area contributed by atoms with E-state index < -0.39 is 39.8 Å². The van der Waals surface area contributed by atoms with Gasteiger partial charge in [0.25, 0.3) is 0 Å². The Balaban J connectivity index is 2.02. The van der Waals surface area contributed by atoms with E-state index in [2.05, 4.69) is 11.2 Å². The number of aromatic nitrogens is 2. The number of nitrogens with zero attached hydrogens (tertiary/aromatic N) is 4. The predicted molar refractivity (Wildman–Crippen MR) is 127 cm³/mol. The molecule has 1 aromatic carbocycles. The van der Waals surface area contributed by atoms with Gasteiger partial charge < -0.3 is 4.55 Å². The van der Waals surface area contributed by atoms with Gasteiger partial charge in [0.1, 0.15) is 27.6 Å². The van der Waals surface area contributed by atoms with E-state index in [9.17, 15) is 23.0 Å². The monoisotopic (exact) mass is 524 g/mol. The SMILES string of the molecule is CCn1cc(-c2c(F)cccc2[C@H]2c3c(sc(C#N)c3C)CN2[S+]([O-])C(C)(C)C)c(C(F)(F)F)n1. The standard InChI is InChI=1S/C24H24F4N4OS2/c1-6-31-11-15(22(30-31)24(26,27)28)20-14(8-7-9-16(20)25)21-19-13(2)17(10-29)34-18(19)12-32(21)35(33)23(3,4)5/h7-9,11,21H,6,12H2,1-5H3/t21-,35?/m0/s1. The van der Waals surface area contributed by atoms with Gasteiger partial charge >= 0.3 is 6.18 Å². The van der Waals surface area contributed by atoms with Crippen molar-refractivity contribution in [3.8, 4) is 17.2 Å². The van der Waals surface area contributed by atoms with E-state index >= 15 is 4.39 Å². The Kier molecular flexibility index (Phi) is 6.55. The van der Waals surface area contributed by atoms with Crippen LogP contribution in [0.15, 0.2) is 24.4 Å². The molecule has 1 aliphatic rings. The molecule has 0 fully saturated rings. The molecule has 2 aromatic heterocycles. The van der Waals surface area contributed by atoms with Crippen molar-refractivity contribution in [2.24, 2.45) is 0 Å². The van der Waals surface area contributed by atoms with Crippen molar-refractivity contribution < 1.29 is 22.1 Å². The average molecular weight is 525 g/mol. The van der Waals surface area contributed by atoms with Gasteiger partial charge in [-0.05, 0) is 57.4 Å². The van der Waals surface area contributed by atoms with Crippen molar-refractivity contribution in [3.63, 3.8) is 0 Å². The lowest BCUT2D eigenvalue weighted by Gasteiger charge is -2.34. The van der Waals surface area contributed by atoms with Crippen LogP contribution in [0.5, 0.6) is 0 Å². The number of halogens is 4. The van der Waals surface area contributed by atoms with Gasteiger partial charge in [-0.2, -0.15) is 23.5 Å². The maximum absolute atomic E-state index is 15.4. The Hall–Kier alpha value is -2.39. The van der Waals surface area contributed by atoms with Gasteiger partial charge in [-0.3, -0.25) is 4.68 Å². The van der Waals surface area contributed by atoms with Gasteiger partial charge in [0, 0.05) is 40.1 Å². The minimum Gasteiger partial charge on any atom is -0.597 e. The highest BCUT2D eigenvalue weighted by Gasteiger charge is 2.48. The van der Waals surface area contributed by atoms with Gasteiger partial charge in [0.15, 0.2) is 5.69 Å². The molecule has 4 rings (SSSR count). The Morgan fingerprint density at radius 2 is 1.97 bits per heavy atom. The molecule has 0 saturated heterocycles. The molecule has 11 heteroatoms. The molecule has 5 nitrogen and oxygen atoms in total. The largest absolute Gasteiger partial charge is 0.597 e. The molecule has 1 unspecified atom stereocenters. The Morgan fingerprint density at radius 1 is 1.29 bits per heavy atom. The van der Waals surface area contributed by atoms with Crippen LogP contribution in [0, 0.1) is 24.1 Å². The lowest BCUT2D eigenvalue weighted by Crippen LogP contribution is -2.42. The van der Waals surface area contributed by atoms with Crippen molar-refractivity contribution in [1.29, 1.82) is 5.26 Å². The van der Waals surface area contributed by atoms with E-state index in [0.29, 0.717) is 16.0 Å². The van der Waals surface area contributed by atoms with Crippen molar-refractivity contribution in [3.05, 3.63) is 62.4 Å². The maximum atomic E-state index is 15.4. The second kappa shape index (κ2) is 8.92. The summed E-state index contributed by atoms with van der Waals surface area (Å²) < 4.78 is 73.0. The van der Waals surface area contributed by atoms with Crippen molar-refractivity contribution in [2.75, 3.05) is 0 Å². The average Bonchev–Trinajstić information content (AvgIpc) is 3.44. The Labute approximate surface area is 208 Å². The van der Waals surface area contributed by atoms with E-state index in [4.69, 9.17) is 0 Å². The second-order valence-electron chi connectivity index (χ2n) is 9.29. The Morgan fingerprint density at radius 3 is 2.54 bits per heavy atom. The molecule has 0 spiro atoms. The predicted octanol–water partition coefficient (Wildman–Crippen LogP) is 6.34. The van der Waals surface area contributed by atoms with Crippen molar-refractivity contribution in [2.45, 2.75) is 64.7 Å². The van der Waals surface area contributed by atoms with Crippen LogP contribution in [0.25, 0.3) is 11.1 Å². The first kappa shape index (κ1) is 25.7. The van der Waals surface area contributed by atoms with Crippen LogP contribution in [-0.4, -0.2) is 23.4 Å². The first-order chi connectivity index (χ1) is 16.3. The van der Waals surface area contributed by atoms with Crippen LogP contribution < -0.4 is 0 Å². The van der Waals surface area contributed by atoms with E-state index in [-0.39, 0.29) is 29.8 Å². The number of aryl methyl sites for hydroxylation is 1. The second-order valence-corrected chi connectivity index (χ2v) is 12.6. The molecular weight excluding hydrogens is 500 g/mol. The lowest BCUT2D eigenvalue weighted by atomic mass is 9.90. The molecule has 0 saturated carbocycles. The molecule has 3 heterocycles. The molecule has 3 aromatic rings. The van der Waals surface area contributed by atoms with E-state index in [1.54, 1.807) is 45.0 Å². The molecule has 2 atom stereocenters. The highest BCUT2D eigenvalue weighted by Crippen LogP contribution is 2.51. The van der Waals surface area contributed by atoms with Crippen molar-refractivity contribution >= 4 is 22.7 Å². The molecule has 186 valence electrons. The summed E-state index contributed by atoms with van der Waals surface area (Å²) in [4.78, 5) is 1.28. The molecule has 1 aliphatic heterocycles. The van der Waals surface area contributed by atoms with Gasteiger partial charge in [-0.25, -0.2) is 4.39 Å². The van der Waals surface area contributed by atoms with Gasteiger partial charge in [-0.1, -0.05) is 12.1 Å². The Bertz CT molecular complexity index is 1320. The molecule has 0 amide bonds. The molecular formula is C24H24F4N4OS2. The molecule has 35 heavy (non-hydrogen) atoms. The van der Waals surface area contributed by atoms with Crippen LogP contribution in [-0.2, 0) is 30.6 Å². The highest BCUT2D eigenvalue weighted by molar-refractivity contribution is 7.90. The first-order valence-corrected chi connectivity index (χ1v) is 12.9. The number of rotatable bonds is 4. The minimum absolute atomic E-state index is 0.176.